The van der Waals surface area contributed by atoms with Crippen molar-refractivity contribution in [2.24, 2.45) is 17.0 Å². The van der Waals surface area contributed by atoms with Crippen LogP contribution in [0.5, 0.6) is 0 Å². The minimum atomic E-state index is -1.35. The predicted octanol–water partition coefficient (Wildman–Crippen LogP) is 0.647. The molecular formula is C23H26N6O9S. The fourth-order valence-corrected chi connectivity index (χ4v) is 4.65. The van der Waals surface area contributed by atoms with Crippen LogP contribution in [0, 0.1) is 11.8 Å². The number of oxime groups is 1. The van der Waals surface area contributed by atoms with Crippen LogP contribution in [-0.2, 0) is 28.8 Å². The molecule has 39 heavy (non-hydrogen) atoms. The largest absolute Gasteiger partial charge is 0.481 e. The summed E-state index contributed by atoms with van der Waals surface area (Å²) < 4.78 is 4.82. The number of nitrogens with one attached hydrogen (secondary N) is 2. The van der Waals surface area contributed by atoms with Gasteiger partial charge < -0.3 is 25.1 Å². The van der Waals surface area contributed by atoms with Crippen molar-refractivity contribution in [2.75, 3.05) is 32.1 Å². The predicted molar refractivity (Wildman–Crippen MR) is 136 cm³/mol. The van der Waals surface area contributed by atoms with Crippen molar-refractivity contribution in [2.45, 2.75) is 13.0 Å². The maximum atomic E-state index is 13.4. The zero-order valence-electron chi connectivity index (χ0n) is 20.9. The molecule has 1 aromatic rings. The maximum absolute atomic E-state index is 13.4. The van der Waals surface area contributed by atoms with E-state index < -0.39 is 47.7 Å². The summed E-state index contributed by atoms with van der Waals surface area (Å²) in [4.78, 5) is 70.6. The van der Waals surface area contributed by atoms with E-state index in [1.165, 1.54) is 30.5 Å². The summed E-state index contributed by atoms with van der Waals surface area (Å²) in [7, 11) is 1.21. The molecule has 3 rings (SSSR count). The number of carbonyl (C=O) groups excluding carboxylic acids is 3. The highest BCUT2D eigenvalue weighted by molar-refractivity contribution is 7.14. The van der Waals surface area contributed by atoms with Crippen molar-refractivity contribution in [3.63, 3.8) is 0 Å². The van der Waals surface area contributed by atoms with E-state index in [1.807, 2.05) is 0 Å². The number of amides is 3. The van der Waals surface area contributed by atoms with Gasteiger partial charge in [-0.3, -0.25) is 24.5 Å². The molecule has 0 aliphatic carbocycles. The molecule has 0 radical (unpaired) electrons. The second-order valence-corrected chi connectivity index (χ2v) is 9.08. The van der Waals surface area contributed by atoms with Crippen LogP contribution in [0.2, 0.25) is 0 Å². The van der Waals surface area contributed by atoms with Crippen LogP contribution in [0.15, 0.2) is 47.1 Å². The highest BCUT2D eigenvalue weighted by Crippen LogP contribution is 2.37. The Bertz CT molecular complexity index is 1270. The van der Waals surface area contributed by atoms with Gasteiger partial charge in [0, 0.05) is 18.5 Å². The van der Waals surface area contributed by atoms with Crippen LogP contribution in [0.4, 0.5) is 9.93 Å². The summed E-state index contributed by atoms with van der Waals surface area (Å²) in [5.74, 6) is -6.40. The molecule has 0 bridgehead atoms. The van der Waals surface area contributed by atoms with Crippen LogP contribution in [0.25, 0.3) is 0 Å². The molecular weight excluding hydrogens is 536 g/mol. The number of rotatable bonds is 12. The minimum absolute atomic E-state index is 0.0140. The lowest BCUT2D eigenvalue weighted by Gasteiger charge is -2.24. The number of carbonyl (C=O) groups is 5. The summed E-state index contributed by atoms with van der Waals surface area (Å²) in [5.41, 5.74) is -0.0101. The first-order valence-electron chi connectivity index (χ1n) is 11.4. The topological polar surface area (TPSA) is 200 Å². The molecule has 2 aliphatic heterocycles. The third kappa shape index (κ3) is 6.12. The summed E-state index contributed by atoms with van der Waals surface area (Å²) in [5, 5.41) is 31.9. The first-order chi connectivity index (χ1) is 18.5. The highest BCUT2D eigenvalue weighted by Gasteiger charge is 2.50. The Hall–Kier alpha value is -4.57. The molecule has 2 unspecified atom stereocenters. The second-order valence-electron chi connectivity index (χ2n) is 8.22. The van der Waals surface area contributed by atoms with Crippen LogP contribution in [0.1, 0.15) is 12.6 Å². The van der Waals surface area contributed by atoms with Crippen LogP contribution in [0.3, 0.4) is 0 Å². The summed E-state index contributed by atoms with van der Waals surface area (Å²) in [6.07, 6.45) is 1.72. The first kappa shape index (κ1) is 29.0. The molecule has 2 aliphatic rings. The Labute approximate surface area is 226 Å². The van der Waals surface area contributed by atoms with Gasteiger partial charge in [0.15, 0.2) is 10.8 Å². The Morgan fingerprint density at radius 1 is 1.31 bits per heavy atom. The van der Waals surface area contributed by atoms with E-state index in [2.05, 4.69) is 33.9 Å². The van der Waals surface area contributed by atoms with Gasteiger partial charge in [0.05, 0.1) is 11.6 Å². The monoisotopic (exact) mass is 562 g/mol. The van der Waals surface area contributed by atoms with Crippen molar-refractivity contribution < 1.29 is 43.8 Å². The number of aromatic nitrogens is 1. The van der Waals surface area contributed by atoms with E-state index in [4.69, 9.17) is 9.57 Å². The molecule has 3 amide bonds. The number of carboxylic acids is 2. The Morgan fingerprint density at radius 2 is 2.03 bits per heavy atom. The van der Waals surface area contributed by atoms with E-state index in [0.29, 0.717) is 0 Å². The van der Waals surface area contributed by atoms with Crippen molar-refractivity contribution in [1.29, 1.82) is 0 Å². The minimum Gasteiger partial charge on any atom is -0.481 e. The zero-order valence-corrected chi connectivity index (χ0v) is 21.8. The number of anilines is 1. The molecule has 0 saturated carbocycles. The molecule has 4 N–H and O–H groups in total. The van der Waals surface area contributed by atoms with Crippen LogP contribution in [-0.4, -0.2) is 93.6 Å². The van der Waals surface area contributed by atoms with E-state index in [1.54, 1.807) is 0 Å². The summed E-state index contributed by atoms with van der Waals surface area (Å²) in [6.45, 7) is 8.25. The number of carboxylic acid groups (broad SMARTS) is 2. The molecule has 1 saturated heterocycles. The van der Waals surface area contributed by atoms with Gasteiger partial charge in [-0.15, -0.1) is 17.9 Å². The van der Waals surface area contributed by atoms with Crippen molar-refractivity contribution in [3.8, 4) is 0 Å². The molecule has 208 valence electrons. The number of thiazole rings is 1. The SMILES string of the molecule is C=CCOC(=O)Nc1nc(/C(=N/OC)C(=O)N[C@H]2CN3CC(C(C)C(=O)O)=C(C(C=C)C(=O)O)N3C2=O)cs1. The van der Waals surface area contributed by atoms with Gasteiger partial charge in [-0.05, 0) is 12.5 Å². The Kier molecular flexibility index (Phi) is 9.16. The molecule has 0 aromatic carbocycles. The van der Waals surface area contributed by atoms with Gasteiger partial charge in [-0.2, -0.15) is 0 Å². The number of hydrazine groups is 1. The second kappa shape index (κ2) is 12.3. The Balaban J connectivity index is 1.81. The number of hydrogen-bond acceptors (Lipinski definition) is 11. The van der Waals surface area contributed by atoms with Gasteiger partial charge in [0.2, 0.25) is 0 Å². The third-order valence-electron chi connectivity index (χ3n) is 5.77. The van der Waals surface area contributed by atoms with Gasteiger partial charge >= 0.3 is 18.0 Å². The van der Waals surface area contributed by atoms with Crippen molar-refractivity contribution in [1.82, 2.24) is 20.3 Å². The number of aliphatic carboxylic acids is 2. The Morgan fingerprint density at radius 3 is 2.62 bits per heavy atom. The average molecular weight is 563 g/mol. The third-order valence-corrected chi connectivity index (χ3v) is 6.53. The molecule has 3 atom stereocenters. The summed E-state index contributed by atoms with van der Waals surface area (Å²) >= 11 is 0.986. The average Bonchev–Trinajstić information content (AvgIpc) is 3.57. The quantitative estimate of drug-likeness (QED) is 0.158. The maximum Gasteiger partial charge on any atom is 0.413 e. The van der Waals surface area contributed by atoms with Gasteiger partial charge in [0.1, 0.15) is 31.4 Å². The molecule has 1 aromatic heterocycles. The normalized spacial score (nSPS) is 18.7. The zero-order chi connectivity index (χ0) is 28.9. The van der Waals surface area contributed by atoms with E-state index >= 15 is 0 Å². The summed E-state index contributed by atoms with van der Waals surface area (Å²) in [6, 6.07) is -1.12. The number of fused-ring (bicyclic) bond motifs is 1. The molecule has 0 spiro atoms. The lowest BCUT2D eigenvalue weighted by molar-refractivity contribution is -0.142. The van der Waals surface area contributed by atoms with E-state index in [9.17, 15) is 34.2 Å². The van der Waals surface area contributed by atoms with Crippen molar-refractivity contribution >= 4 is 52.0 Å². The fraction of sp³-hybridized carbons (Fsp3) is 0.348. The number of ether oxygens (including phenoxy) is 1. The van der Waals surface area contributed by atoms with Gasteiger partial charge in [-0.1, -0.05) is 23.9 Å². The molecule has 3 heterocycles. The van der Waals surface area contributed by atoms with Crippen molar-refractivity contribution in [3.05, 3.63) is 47.7 Å². The standard InChI is InChI=1S/C23H26N6O9S/c1-5-7-38-23(36)26-22-25-15(10-39-22)16(27-37-4)18(30)24-14-9-28-8-13(11(3)20(32)33)17(29(28)19(14)31)12(6-2)21(34)35/h5-6,10-12,14H,1-2,7-9H2,3-4H3,(H,24,30)(H,32,33)(H,34,35)(H,25,26,36)/b27-16-/t11?,12?,14-/m0/s1. The van der Waals surface area contributed by atoms with Crippen LogP contribution >= 0.6 is 11.3 Å². The van der Waals surface area contributed by atoms with E-state index in [0.717, 1.165) is 22.4 Å². The van der Waals surface area contributed by atoms with Gasteiger partial charge in [-0.25, -0.2) is 19.8 Å². The lowest BCUT2D eigenvalue weighted by atomic mass is 9.93. The molecule has 16 heteroatoms. The number of nitrogens with zero attached hydrogens (tertiary/aromatic N) is 4. The lowest BCUT2D eigenvalue weighted by Crippen LogP contribution is -2.46. The van der Waals surface area contributed by atoms with Gasteiger partial charge in [0.25, 0.3) is 11.8 Å². The van der Waals surface area contributed by atoms with Crippen LogP contribution < -0.4 is 10.6 Å². The molecule has 15 nitrogen and oxygen atoms in total. The molecule has 1 fully saturated rings. The first-order valence-corrected chi connectivity index (χ1v) is 12.2. The number of hydrogen-bond donors (Lipinski definition) is 4. The fourth-order valence-electron chi connectivity index (χ4n) is 3.97. The van der Waals surface area contributed by atoms with E-state index in [-0.39, 0.29) is 47.5 Å². The highest BCUT2D eigenvalue weighted by atomic mass is 32.1. The smallest absolute Gasteiger partial charge is 0.413 e.